The Bertz CT molecular complexity index is 1070. The van der Waals surface area contributed by atoms with Gasteiger partial charge in [-0.15, -0.1) is 0 Å². The third-order valence-electron chi connectivity index (χ3n) is 5.89. The van der Waals surface area contributed by atoms with E-state index < -0.39 is 18.0 Å². The van der Waals surface area contributed by atoms with Crippen molar-refractivity contribution in [2.45, 2.75) is 45.6 Å². The lowest BCUT2D eigenvalue weighted by Gasteiger charge is -2.41. The number of nitrogens with one attached hydrogen (secondary N) is 2. The zero-order chi connectivity index (χ0) is 22.9. The van der Waals surface area contributed by atoms with Gasteiger partial charge >= 0.3 is 5.97 Å². The molecular formula is C24H28N4O4. The van der Waals surface area contributed by atoms with E-state index in [1.807, 2.05) is 6.07 Å². The molecule has 0 spiro atoms. The average Bonchev–Trinajstić information content (AvgIpc) is 3.27. The molecule has 8 nitrogen and oxygen atoms in total. The van der Waals surface area contributed by atoms with Crippen molar-refractivity contribution < 1.29 is 19.1 Å². The van der Waals surface area contributed by atoms with Gasteiger partial charge in [0.15, 0.2) is 5.78 Å². The first-order chi connectivity index (χ1) is 15.4. The van der Waals surface area contributed by atoms with E-state index >= 15 is 0 Å². The molecule has 168 valence electrons. The summed E-state index contributed by atoms with van der Waals surface area (Å²) in [5.74, 6) is -1.07. The third kappa shape index (κ3) is 3.98. The lowest BCUT2D eigenvalue weighted by molar-refractivity contribution is -0.139. The fourth-order valence-electron chi connectivity index (χ4n) is 4.65. The van der Waals surface area contributed by atoms with Crippen LogP contribution in [0, 0.1) is 5.41 Å². The summed E-state index contributed by atoms with van der Waals surface area (Å²) in [6.45, 7) is 6.11. The molecule has 0 amide bonds. The summed E-state index contributed by atoms with van der Waals surface area (Å²) < 4.78 is 11.3. The number of pyridine rings is 1. The molecule has 0 radical (unpaired) electrons. The Balaban J connectivity index is 1.97. The van der Waals surface area contributed by atoms with E-state index in [-0.39, 0.29) is 17.8 Å². The largest absolute Gasteiger partial charge is 0.463 e. The molecule has 32 heavy (non-hydrogen) atoms. The highest BCUT2D eigenvalue weighted by atomic mass is 16.5. The molecule has 8 heteroatoms. The van der Waals surface area contributed by atoms with Crippen LogP contribution in [0.1, 0.15) is 56.9 Å². The Morgan fingerprint density at radius 2 is 2.09 bits per heavy atom. The summed E-state index contributed by atoms with van der Waals surface area (Å²) in [5, 5.41) is 10.4. The number of nitrogens with zero attached hydrogens (tertiary/aromatic N) is 2. The summed E-state index contributed by atoms with van der Waals surface area (Å²) >= 11 is 0. The summed E-state index contributed by atoms with van der Waals surface area (Å²) in [4.78, 5) is 31.0. The number of Topliss-reactive ketones (excluding diaryl/α,β-unsaturated/α-hetero) is 1. The number of allylic oxidation sites excluding steroid dienone is 2. The predicted octanol–water partition coefficient (Wildman–Crippen LogP) is 3.34. The minimum atomic E-state index is -0.620. The summed E-state index contributed by atoms with van der Waals surface area (Å²) in [6.07, 6.45) is 5.45. The van der Waals surface area contributed by atoms with Crippen LogP contribution < -0.4 is 5.32 Å². The van der Waals surface area contributed by atoms with Crippen LogP contribution in [0.15, 0.2) is 59.3 Å². The number of ether oxygens (including phenoxy) is 2. The normalized spacial score (nSPS) is 21.1. The summed E-state index contributed by atoms with van der Waals surface area (Å²) in [6, 6.07) is 5.49. The van der Waals surface area contributed by atoms with Crippen LogP contribution in [0.25, 0.3) is 0 Å². The summed E-state index contributed by atoms with van der Waals surface area (Å²) in [7, 11) is 1.57. The van der Waals surface area contributed by atoms with E-state index in [2.05, 4.69) is 34.3 Å². The van der Waals surface area contributed by atoms with Crippen LogP contribution in [0.2, 0.25) is 0 Å². The number of hydrogen-bond donors (Lipinski definition) is 2. The molecule has 0 bridgehead atoms. The van der Waals surface area contributed by atoms with Gasteiger partial charge in [-0.05, 0) is 36.5 Å². The second-order valence-corrected chi connectivity index (χ2v) is 8.85. The number of carbonyl (C=O) groups is 2. The van der Waals surface area contributed by atoms with Crippen molar-refractivity contribution in [2.24, 2.45) is 5.41 Å². The number of hydrogen-bond acceptors (Lipinski definition) is 7. The summed E-state index contributed by atoms with van der Waals surface area (Å²) in [5.41, 5.74) is 3.56. The number of carbonyl (C=O) groups excluding carboxylic acids is 2. The lowest BCUT2D eigenvalue weighted by atomic mass is 9.68. The molecule has 2 unspecified atom stereocenters. The Morgan fingerprint density at radius 3 is 2.72 bits per heavy atom. The highest BCUT2D eigenvalue weighted by Gasteiger charge is 2.45. The zero-order valence-corrected chi connectivity index (χ0v) is 18.8. The predicted molar refractivity (Wildman–Crippen MR) is 117 cm³/mol. The first-order valence-electron chi connectivity index (χ1n) is 10.7. The van der Waals surface area contributed by atoms with E-state index in [1.54, 1.807) is 44.8 Å². The minimum absolute atomic E-state index is 0.0222. The topological polar surface area (TPSA) is 106 Å². The van der Waals surface area contributed by atoms with Crippen molar-refractivity contribution in [3.8, 4) is 0 Å². The van der Waals surface area contributed by atoms with E-state index in [9.17, 15) is 9.59 Å². The molecule has 1 aliphatic carbocycles. The van der Waals surface area contributed by atoms with Gasteiger partial charge in [-0.3, -0.25) is 14.9 Å². The van der Waals surface area contributed by atoms with Crippen molar-refractivity contribution in [3.63, 3.8) is 0 Å². The molecule has 0 aromatic carbocycles. The van der Waals surface area contributed by atoms with Crippen molar-refractivity contribution in [2.75, 3.05) is 13.7 Å². The maximum absolute atomic E-state index is 13.4. The molecule has 3 heterocycles. The highest BCUT2D eigenvalue weighted by Crippen LogP contribution is 2.48. The van der Waals surface area contributed by atoms with Crippen LogP contribution in [0.4, 0.5) is 0 Å². The van der Waals surface area contributed by atoms with E-state index in [0.717, 1.165) is 11.3 Å². The number of esters is 1. The van der Waals surface area contributed by atoms with Crippen molar-refractivity contribution in [1.82, 2.24) is 20.5 Å². The molecule has 2 aromatic heterocycles. The van der Waals surface area contributed by atoms with Crippen molar-refractivity contribution in [1.29, 1.82) is 0 Å². The standard InChI is InChI=1S/C24H28N4O4/c1-5-32-23(30)20-18(14-7-6-9-25-13-14)19-16(11-24(2,3)12-17(19)29)27-21(20)22(31-4)15-8-10-26-28-15/h6-10,13,18,22,27H,5,11-12H2,1-4H3,(H,26,28). The van der Waals surface area contributed by atoms with Crippen LogP contribution in [-0.4, -0.2) is 40.7 Å². The van der Waals surface area contributed by atoms with Gasteiger partial charge in [-0.2, -0.15) is 5.10 Å². The quantitative estimate of drug-likeness (QED) is 0.669. The minimum Gasteiger partial charge on any atom is -0.463 e. The van der Waals surface area contributed by atoms with E-state index in [4.69, 9.17) is 9.47 Å². The molecule has 2 atom stereocenters. The first kappa shape index (κ1) is 22.0. The van der Waals surface area contributed by atoms with Gasteiger partial charge in [-0.1, -0.05) is 19.9 Å². The highest BCUT2D eigenvalue weighted by molar-refractivity contribution is 6.04. The number of ketones is 1. The SMILES string of the molecule is CCOC(=O)C1=C(C(OC)c2ccn[nH]2)NC2=C(C(=O)CC(C)(C)C2)C1c1cccnc1. The fraction of sp³-hybridized carbons (Fsp3) is 0.417. The molecule has 0 saturated carbocycles. The van der Waals surface area contributed by atoms with Crippen LogP contribution in [0.3, 0.4) is 0 Å². The molecule has 2 aromatic rings. The van der Waals surface area contributed by atoms with Gasteiger partial charge in [0, 0.05) is 49.3 Å². The Kier molecular flexibility index (Phi) is 5.97. The average molecular weight is 437 g/mol. The third-order valence-corrected chi connectivity index (χ3v) is 5.89. The number of aromatic nitrogens is 3. The monoisotopic (exact) mass is 436 g/mol. The molecular weight excluding hydrogens is 408 g/mol. The van der Waals surface area contributed by atoms with Gasteiger partial charge in [-0.25, -0.2) is 4.79 Å². The molecule has 0 saturated heterocycles. The number of methoxy groups -OCH3 is 1. The van der Waals surface area contributed by atoms with Gasteiger partial charge in [0.25, 0.3) is 0 Å². The van der Waals surface area contributed by atoms with Crippen LogP contribution in [0.5, 0.6) is 0 Å². The maximum atomic E-state index is 13.4. The van der Waals surface area contributed by atoms with Gasteiger partial charge in [0.05, 0.1) is 23.6 Å². The number of H-pyrrole nitrogens is 1. The molecule has 0 fully saturated rings. The molecule has 1 aliphatic heterocycles. The van der Waals surface area contributed by atoms with E-state index in [0.29, 0.717) is 35.4 Å². The smallest absolute Gasteiger partial charge is 0.336 e. The number of dihydropyridines is 1. The van der Waals surface area contributed by atoms with Crippen LogP contribution in [-0.2, 0) is 19.1 Å². The Hall–Kier alpha value is -3.26. The lowest BCUT2D eigenvalue weighted by Crippen LogP contribution is -2.40. The van der Waals surface area contributed by atoms with Crippen molar-refractivity contribution >= 4 is 11.8 Å². The molecule has 2 N–H and O–H groups in total. The van der Waals surface area contributed by atoms with Gasteiger partial charge in [0.1, 0.15) is 6.10 Å². The second kappa shape index (κ2) is 8.70. The molecule has 4 rings (SSSR count). The first-order valence-corrected chi connectivity index (χ1v) is 10.7. The second-order valence-electron chi connectivity index (χ2n) is 8.85. The fourth-order valence-corrected chi connectivity index (χ4v) is 4.65. The van der Waals surface area contributed by atoms with E-state index in [1.165, 1.54) is 0 Å². The zero-order valence-electron chi connectivity index (χ0n) is 18.8. The van der Waals surface area contributed by atoms with Gasteiger partial charge in [0.2, 0.25) is 0 Å². The number of rotatable bonds is 6. The maximum Gasteiger partial charge on any atom is 0.336 e. The van der Waals surface area contributed by atoms with Crippen molar-refractivity contribution in [3.05, 3.63) is 70.6 Å². The molecule has 2 aliphatic rings. The Morgan fingerprint density at radius 1 is 1.28 bits per heavy atom. The number of aromatic amines is 1. The van der Waals surface area contributed by atoms with Gasteiger partial charge < -0.3 is 14.8 Å². The van der Waals surface area contributed by atoms with Crippen LogP contribution >= 0.6 is 0 Å². The Labute approximate surface area is 187 Å².